The van der Waals surface area contributed by atoms with Crippen molar-refractivity contribution in [1.82, 2.24) is 5.32 Å². The molecular weight excluding hydrogens is 304 g/mol. The minimum absolute atomic E-state index is 0.0827. The van der Waals surface area contributed by atoms with Gasteiger partial charge in [0.15, 0.2) is 0 Å². The summed E-state index contributed by atoms with van der Waals surface area (Å²) >= 11 is 5.82. The molecule has 2 amide bonds. The average molecular weight is 319 g/mol. The van der Waals surface area contributed by atoms with Crippen molar-refractivity contribution in [3.8, 4) is 5.75 Å². The van der Waals surface area contributed by atoms with Gasteiger partial charge in [0.2, 0.25) is 5.91 Å². The number of nitrogens with one attached hydrogen (secondary N) is 2. The Morgan fingerprint density at radius 1 is 1.14 bits per heavy atom. The van der Waals surface area contributed by atoms with E-state index in [0.29, 0.717) is 10.7 Å². The van der Waals surface area contributed by atoms with E-state index < -0.39 is 5.91 Å². The van der Waals surface area contributed by atoms with E-state index in [0.717, 1.165) is 5.56 Å². The Kier molecular flexibility index (Phi) is 5.01. The van der Waals surface area contributed by atoms with Crippen LogP contribution in [-0.2, 0) is 11.2 Å². The van der Waals surface area contributed by atoms with E-state index in [1.165, 1.54) is 18.2 Å². The zero-order valence-corrected chi connectivity index (χ0v) is 12.6. The second-order valence-corrected chi connectivity index (χ2v) is 5.10. The third-order valence-corrected chi connectivity index (χ3v) is 3.29. The number of anilines is 1. The molecular formula is C16H15ClN2O3. The van der Waals surface area contributed by atoms with Gasteiger partial charge in [-0.25, -0.2) is 0 Å². The number of hydrogen-bond donors (Lipinski definition) is 3. The van der Waals surface area contributed by atoms with E-state index in [9.17, 15) is 14.7 Å². The normalized spacial score (nSPS) is 10.1. The first kappa shape index (κ1) is 15.9. The van der Waals surface area contributed by atoms with Crippen molar-refractivity contribution in [3.63, 3.8) is 0 Å². The molecule has 0 heterocycles. The fourth-order valence-corrected chi connectivity index (χ4v) is 2.04. The van der Waals surface area contributed by atoms with Crippen LogP contribution < -0.4 is 10.6 Å². The van der Waals surface area contributed by atoms with E-state index in [4.69, 9.17) is 11.6 Å². The summed E-state index contributed by atoms with van der Waals surface area (Å²) in [5, 5.41) is 15.3. The highest BCUT2D eigenvalue weighted by molar-refractivity contribution is 6.31. The Labute approximate surface area is 132 Å². The van der Waals surface area contributed by atoms with Crippen LogP contribution in [0.25, 0.3) is 0 Å². The maximum atomic E-state index is 12.1. The van der Waals surface area contributed by atoms with Gasteiger partial charge >= 0.3 is 0 Å². The fourth-order valence-electron chi connectivity index (χ4n) is 1.87. The molecule has 2 rings (SSSR count). The van der Waals surface area contributed by atoms with Gasteiger partial charge in [-0.1, -0.05) is 23.7 Å². The summed E-state index contributed by atoms with van der Waals surface area (Å²) in [6.45, 7) is 0. The molecule has 0 radical (unpaired) electrons. The van der Waals surface area contributed by atoms with Crippen molar-refractivity contribution in [3.05, 3.63) is 58.6 Å². The van der Waals surface area contributed by atoms with Crippen LogP contribution in [-0.4, -0.2) is 24.0 Å². The summed E-state index contributed by atoms with van der Waals surface area (Å²) in [6.07, 6.45) is 0.278. The number of amides is 2. The molecule has 114 valence electrons. The van der Waals surface area contributed by atoms with Crippen molar-refractivity contribution >= 4 is 29.1 Å². The number of carbonyl (C=O) groups is 2. The molecule has 2 aromatic rings. The van der Waals surface area contributed by atoms with E-state index >= 15 is 0 Å². The lowest BCUT2D eigenvalue weighted by Crippen LogP contribution is -2.19. The summed E-state index contributed by atoms with van der Waals surface area (Å²) in [5.41, 5.74) is 1.50. The highest BCUT2D eigenvalue weighted by Gasteiger charge is 2.12. The lowest BCUT2D eigenvalue weighted by atomic mass is 10.1. The highest BCUT2D eigenvalue weighted by atomic mass is 35.5. The van der Waals surface area contributed by atoms with Gasteiger partial charge in [-0.2, -0.15) is 0 Å². The molecule has 6 heteroatoms. The van der Waals surface area contributed by atoms with Crippen LogP contribution in [0.1, 0.15) is 15.9 Å². The standard InChI is InChI=1S/C16H15ClN2O3/c1-18-15(21)8-10-2-5-12(6-3-10)19-16(22)13-9-11(17)4-7-14(13)20/h2-7,9,20H,8H2,1H3,(H,18,21)(H,19,22). The molecule has 0 bridgehead atoms. The Morgan fingerprint density at radius 3 is 2.45 bits per heavy atom. The number of halogens is 1. The van der Waals surface area contributed by atoms with Crippen molar-refractivity contribution in [2.75, 3.05) is 12.4 Å². The molecule has 0 unspecified atom stereocenters. The van der Waals surface area contributed by atoms with Gasteiger partial charge in [0, 0.05) is 17.8 Å². The zero-order valence-electron chi connectivity index (χ0n) is 11.9. The Hall–Kier alpha value is -2.53. The maximum Gasteiger partial charge on any atom is 0.259 e. The zero-order chi connectivity index (χ0) is 16.1. The molecule has 3 N–H and O–H groups in total. The molecule has 0 spiro atoms. The Bertz CT molecular complexity index is 699. The number of phenols is 1. The van der Waals surface area contributed by atoms with Gasteiger partial charge in [0.1, 0.15) is 5.75 Å². The molecule has 5 nitrogen and oxygen atoms in total. The third kappa shape index (κ3) is 3.99. The Morgan fingerprint density at radius 2 is 1.82 bits per heavy atom. The molecule has 0 atom stereocenters. The number of hydrogen-bond acceptors (Lipinski definition) is 3. The molecule has 0 saturated heterocycles. The molecule has 22 heavy (non-hydrogen) atoms. The summed E-state index contributed by atoms with van der Waals surface area (Å²) in [4.78, 5) is 23.4. The van der Waals surface area contributed by atoms with Gasteiger partial charge in [-0.15, -0.1) is 0 Å². The Balaban J connectivity index is 2.08. The average Bonchev–Trinajstić information content (AvgIpc) is 2.51. The van der Waals surface area contributed by atoms with Crippen LogP contribution >= 0.6 is 11.6 Å². The first-order chi connectivity index (χ1) is 10.5. The van der Waals surface area contributed by atoms with Crippen molar-refractivity contribution in [2.45, 2.75) is 6.42 Å². The molecule has 0 saturated carbocycles. The van der Waals surface area contributed by atoms with Gasteiger partial charge in [-0.3, -0.25) is 9.59 Å². The number of phenolic OH excluding ortho intramolecular Hbond substituents is 1. The SMILES string of the molecule is CNC(=O)Cc1ccc(NC(=O)c2cc(Cl)ccc2O)cc1. The summed E-state index contributed by atoms with van der Waals surface area (Å²) < 4.78 is 0. The van der Waals surface area contributed by atoms with Crippen molar-refractivity contribution < 1.29 is 14.7 Å². The van der Waals surface area contributed by atoms with E-state index in [2.05, 4.69) is 10.6 Å². The van der Waals surface area contributed by atoms with Gasteiger partial charge in [0.25, 0.3) is 5.91 Å². The maximum absolute atomic E-state index is 12.1. The van der Waals surface area contributed by atoms with Crippen LogP contribution in [0.15, 0.2) is 42.5 Å². The number of carbonyl (C=O) groups excluding carboxylic acids is 2. The van der Waals surface area contributed by atoms with Gasteiger partial charge in [0.05, 0.1) is 12.0 Å². The molecule has 0 aromatic heterocycles. The fraction of sp³-hybridized carbons (Fsp3) is 0.125. The second-order valence-electron chi connectivity index (χ2n) is 4.66. The van der Waals surface area contributed by atoms with Crippen molar-refractivity contribution in [2.24, 2.45) is 0 Å². The predicted molar refractivity (Wildman–Crippen MR) is 85.3 cm³/mol. The number of benzene rings is 2. The number of rotatable bonds is 4. The molecule has 0 aliphatic carbocycles. The summed E-state index contributed by atoms with van der Waals surface area (Å²) in [5.74, 6) is -0.683. The van der Waals surface area contributed by atoms with Crippen molar-refractivity contribution in [1.29, 1.82) is 0 Å². The van der Waals surface area contributed by atoms with E-state index in [-0.39, 0.29) is 23.6 Å². The third-order valence-electron chi connectivity index (χ3n) is 3.06. The first-order valence-electron chi connectivity index (χ1n) is 6.59. The topological polar surface area (TPSA) is 78.4 Å². The first-order valence-corrected chi connectivity index (χ1v) is 6.97. The molecule has 0 fully saturated rings. The lowest BCUT2D eigenvalue weighted by molar-refractivity contribution is -0.119. The molecule has 0 aliphatic heterocycles. The van der Waals surface area contributed by atoms with E-state index in [1.54, 1.807) is 31.3 Å². The second kappa shape index (κ2) is 6.95. The minimum Gasteiger partial charge on any atom is -0.507 e. The largest absolute Gasteiger partial charge is 0.507 e. The lowest BCUT2D eigenvalue weighted by Gasteiger charge is -2.08. The molecule has 2 aromatic carbocycles. The minimum atomic E-state index is -0.459. The molecule has 0 aliphatic rings. The van der Waals surface area contributed by atoms with E-state index in [1.807, 2.05) is 0 Å². The van der Waals surface area contributed by atoms with Crippen LogP contribution in [0, 0.1) is 0 Å². The predicted octanol–water partition coefficient (Wildman–Crippen LogP) is 2.59. The van der Waals surface area contributed by atoms with Crippen LogP contribution in [0.3, 0.4) is 0 Å². The highest BCUT2D eigenvalue weighted by Crippen LogP contribution is 2.22. The van der Waals surface area contributed by atoms with Crippen LogP contribution in [0.5, 0.6) is 5.75 Å². The monoisotopic (exact) mass is 318 g/mol. The van der Waals surface area contributed by atoms with Gasteiger partial charge in [-0.05, 0) is 35.9 Å². The summed E-state index contributed by atoms with van der Waals surface area (Å²) in [7, 11) is 1.58. The number of likely N-dealkylation sites (N-methyl/N-ethyl adjacent to an activating group) is 1. The van der Waals surface area contributed by atoms with Crippen LogP contribution in [0.4, 0.5) is 5.69 Å². The quantitative estimate of drug-likeness (QED) is 0.810. The summed E-state index contributed by atoms with van der Waals surface area (Å²) in [6, 6.07) is 11.2. The van der Waals surface area contributed by atoms with Gasteiger partial charge < -0.3 is 15.7 Å². The van der Waals surface area contributed by atoms with Crippen LogP contribution in [0.2, 0.25) is 5.02 Å². The number of aromatic hydroxyl groups is 1. The smallest absolute Gasteiger partial charge is 0.259 e.